The van der Waals surface area contributed by atoms with Crippen molar-refractivity contribution >= 4 is 11.9 Å². The van der Waals surface area contributed by atoms with Crippen LogP contribution in [0.5, 0.6) is 17.2 Å². The van der Waals surface area contributed by atoms with Gasteiger partial charge in [0.05, 0.1) is 25.3 Å². The fraction of sp³-hybridized carbons (Fsp3) is 0.0909. The molecule has 0 heterocycles. The zero-order chi connectivity index (χ0) is 21.1. The lowest BCUT2D eigenvalue weighted by Crippen LogP contribution is -2.11. The van der Waals surface area contributed by atoms with Crippen LogP contribution in [0.15, 0.2) is 78.9 Å². The number of hydrogen-bond donors (Lipinski definition) is 1. The zero-order valence-electron chi connectivity index (χ0n) is 15.9. The SMILES string of the molecule is COc1cccc(OC)c1O.O=C(OOC(=O)c1ccccc1)c1ccccc1. The minimum absolute atomic E-state index is 0.0394. The molecule has 0 bridgehead atoms. The molecule has 0 aliphatic carbocycles. The molecule has 0 amide bonds. The number of carbonyl (C=O) groups excluding carboxylic acids is 2. The third-order valence-electron chi connectivity index (χ3n) is 3.61. The monoisotopic (exact) mass is 396 g/mol. The van der Waals surface area contributed by atoms with Crippen LogP contribution in [0.4, 0.5) is 0 Å². The van der Waals surface area contributed by atoms with Crippen LogP contribution in [0.1, 0.15) is 20.7 Å². The van der Waals surface area contributed by atoms with Gasteiger partial charge in [0.15, 0.2) is 11.5 Å². The highest BCUT2D eigenvalue weighted by atomic mass is 17.2. The van der Waals surface area contributed by atoms with E-state index in [-0.39, 0.29) is 5.75 Å². The number of phenolic OH excluding ortho intramolecular Hbond substituents is 1. The van der Waals surface area contributed by atoms with Gasteiger partial charge in [0.1, 0.15) is 0 Å². The molecule has 150 valence electrons. The molecular weight excluding hydrogens is 376 g/mol. The maximum absolute atomic E-state index is 11.5. The Morgan fingerprint density at radius 1 is 0.621 bits per heavy atom. The van der Waals surface area contributed by atoms with E-state index in [1.165, 1.54) is 14.2 Å². The lowest BCUT2D eigenvalue weighted by atomic mass is 10.2. The molecule has 0 fully saturated rings. The number of methoxy groups -OCH3 is 2. The van der Waals surface area contributed by atoms with Crippen molar-refractivity contribution in [2.24, 2.45) is 0 Å². The van der Waals surface area contributed by atoms with E-state index in [4.69, 9.17) is 9.47 Å². The van der Waals surface area contributed by atoms with Gasteiger partial charge in [0.25, 0.3) is 0 Å². The van der Waals surface area contributed by atoms with E-state index < -0.39 is 11.9 Å². The average molecular weight is 396 g/mol. The van der Waals surface area contributed by atoms with Crippen molar-refractivity contribution in [1.82, 2.24) is 0 Å². The Balaban J connectivity index is 0.000000234. The molecule has 0 unspecified atom stereocenters. The summed E-state index contributed by atoms with van der Waals surface area (Å²) < 4.78 is 9.71. The van der Waals surface area contributed by atoms with Crippen LogP contribution in [-0.2, 0) is 9.78 Å². The molecule has 0 aliphatic heterocycles. The average Bonchev–Trinajstić information content (AvgIpc) is 2.79. The van der Waals surface area contributed by atoms with Crippen LogP contribution in [0.3, 0.4) is 0 Å². The minimum atomic E-state index is -0.708. The van der Waals surface area contributed by atoms with Gasteiger partial charge in [-0.3, -0.25) is 0 Å². The molecule has 0 aromatic heterocycles. The molecule has 0 saturated heterocycles. The summed E-state index contributed by atoms with van der Waals surface area (Å²) in [6.07, 6.45) is 0. The van der Waals surface area contributed by atoms with Gasteiger partial charge in [0, 0.05) is 0 Å². The molecule has 0 aliphatic rings. The number of carbonyl (C=O) groups is 2. The number of aromatic hydroxyl groups is 1. The van der Waals surface area contributed by atoms with Gasteiger partial charge >= 0.3 is 11.9 Å². The van der Waals surface area contributed by atoms with Gasteiger partial charge in [-0.1, -0.05) is 42.5 Å². The first-order valence-electron chi connectivity index (χ1n) is 8.50. The Labute approximate surface area is 168 Å². The van der Waals surface area contributed by atoms with E-state index in [2.05, 4.69) is 9.78 Å². The minimum Gasteiger partial charge on any atom is -0.502 e. The Morgan fingerprint density at radius 3 is 1.34 bits per heavy atom. The van der Waals surface area contributed by atoms with Crippen molar-refractivity contribution in [1.29, 1.82) is 0 Å². The topological polar surface area (TPSA) is 91.3 Å². The normalized spacial score (nSPS) is 9.45. The summed E-state index contributed by atoms with van der Waals surface area (Å²) in [5, 5.41) is 9.34. The first-order valence-corrected chi connectivity index (χ1v) is 8.50. The van der Waals surface area contributed by atoms with Crippen molar-refractivity contribution in [3.63, 3.8) is 0 Å². The summed E-state index contributed by atoms with van der Waals surface area (Å²) in [6.45, 7) is 0. The van der Waals surface area contributed by atoms with Crippen LogP contribution < -0.4 is 9.47 Å². The van der Waals surface area contributed by atoms with E-state index in [1.807, 2.05) is 0 Å². The van der Waals surface area contributed by atoms with Crippen LogP contribution >= 0.6 is 0 Å². The highest BCUT2D eigenvalue weighted by Crippen LogP contribution is 2.34. The van der Waals surface area contributed by atoms with Crippen molar-refractivity contribution in [2.45, 2.75) is 0 Å². The summed E-state index contributed by atoms with van der Waals surface area (Å²) in [7, 11) is 2.99. The smallest absolute Gasteiger partial charge is 0.386 e. The molecule has 0 spiro atoms. The Hall–Kier alpha value is -4.00. The van der Waals surface area contributed by atoms with Crippen molar-refractivity contribution in [2.75, 3.05) is 14.2 Å². The highest BCUT2D eigenvalue weighted by molar-refractivity contribution is 5.92. The number of ether oxygens (including phenoxy) is 2. The van der Waals surface area contributed by atoms with Gasteiger partial charge in [-0.15, -0.1) is 0 Å². The number of benzene rings is 3. The Bertz CT molecular complexity index is 851. The van der Waals surface area contributed by atoms with E-state index >= 15 is 0 Å². The zero-order valence-corrected chi connectivity index (χ0v) is 15.9. The molecule has 3 aromatic rings. The fourth-order valence-electron chi connectivity index (χ4n) is 2.15. The second kappa shape index (κ2) is 11.0. The van der Waals surface area contributed by atoms with Gasteiger partial charge < -0.3 is 14.6 Å². The Kier molecular flexibility index (Phi) is 8.07. The summed E-state index contributed by atoms with van der Waals surface area (Å²) in [5.74, 6) is -0.536. The van der Waals surface area contributed by atoms with Gasteiger partial charge in [0.2, 0.25) is 5.75 Å². The van der Waals surface area contributed by atoms with Crippen molar-refractivity contribution in [3.8, 4) is 17.2 Å². The molecule has 0 radical (unpaired) electrons. The highest BCUT2D eigenvalue weighted by Gasteiger charge is 2.13. The van der Waals surface area contributed by atoms with E-state index in [0.29, 0.717) is 22.6 Å². The van der Waals surface area contributed by atoms with Crippen LogP contribution in [-0.4, -0.2) is 31.3 Å². The molecule has 7 nitrogen and oxygen atoms in total. The lowest BCUT2D eigenvalue weighted by molar-refractivity contribution is -0.187. The van der Waals surface area contributed by atoms with Crippen molar-refractivity contribution in [3.05, 3.63) is 90.0 Å². The van der Waals surface area contributed by atoms with E-state index in [1.54, 1.807) is 78.9 Å². The number of phenols is 1. The number of hydrogen-bond acceptors (Lipinski definition) is 7. The number of rotatable bonds is 4. The molecule has 0 atom stereocenters. The predicted molar refractivity (Wildman–Crippen MR) is 105 cm³/mol. The molecule has 0 saturated carbocycles. The summed E-state index contributed by atoms with van der Waals surface area (Å²) in [5.41, 5.74) is 0.636. The standard InChI is InChI=1S/C14H10O4.C8H10O3/c15-13(11-7-3-1-4-8-11)17-18-14(16)12-9-5-2-6-10-12;1-10-6-4-3-5-7(11-2)8(6)9/h1-10H;3-5,9H,1-2H3. The van der Waals surface area contributed by atoms with Gasteiger partial charge in [-0.25, -0.2) is 19.4 Å². The second-order valence-electron chi connectivity index (χ2n) is 5.48. The lowest BCUT2D eigenvalue weighted by Gasteiger charge is -2.06. The molecule has 7 heteroatoms. The predicted octanol–water partition coefficient (Wildman–Crippen LogP) is 4.02. The maximum atomic E-state index is 11.5. The number of para-hydroxylation sites is 1. The van der Waals surface area contributed by atoms with Crippen LogP contribution in [0.2, 0.25) is 0 Å². The van der Waals surface area contributed by atoms with E-state index in [9.17, 15) is 14.7 Å². The molecule has 3 aromatic carbocycles. The molecule has 3 rings (SSSR count). The summed E-state index contributed by atoms with van der Waals surface area (Å²) >= 11 is 0. The largest absolute Gasteiger partial charge is 0.502 e. The molecule has 1 N–H and O–H groups in total. The third kappa shape index (κ3) is 6.28. The summed E-state index contributed by atoms with van der Waals surface area (Å²) in [6, 6.07) is 21.7. The third-order valence-corrected chi connectivity index (χ3v) is 3.61. The first kappa shape index (κ1) is 21.3. The molecular formula is C22H20O7. The van der Waals surface area contributed by atoms with Gasteiger partial charge in [-0.05, 0) is 36.4 Å². The maximum Gasteiger partial charge on any atom is 0.386 e. The first-order chi connectivity index (χ1) is 14.1. The van der Waals surface area contributed by atoms with Crippen LogP contribution in [0.25, 0.3) is 0 Å². The van der Waals surface area contributed by atoms with Gasteiger partial charge in [-0.2, -0.15) is 0 Å². The Morgan fingerprint density at radius 2 is 1.00 bits per heavy atom. The quantitative estimate of drug-likeness (QED) is 0.526. The van der Waals surface area contributed by atoms with Crippen LogP contribution in [0, 0.1) is 0 Å². The fourth-order valence-corrected chi connectivity index (χ4v) is 2.15. The summed E-state index contributed by atoms with van der Waals surface area (Å²) in [4.78, 5) is 31.9. The molecule has 29 heavy (non-hydrogen) atoms. The van der Waals surface area contributed by atoms with Crippen molar-refractivity contribution < 1.29 is 33.9 Å². The van der Waals surface area contributed by atoms with E-state index in [0.717, 1.165) is 0 Å². The second-order valence-corrected chi connectivity index (χ2v) is 5.48.